The number of aromatic nitrogens is 2. The zero-order valence-corrected chi connectivity index (χ0v) is 11.4. The number of anilines is 1. The van der Waals surface area contributed by atoms with E-state index < -0.39 is 0 Å². The van der Waals surface area contributed by atoms with Crippen molar-refractivity contribution in [3.05, 3.63) is 11.4 Å². The van der Waals surface area contributed by atoms with Gasteiger partial charge in [-0.2, -0.15) is 5.10 Å². The maximum atomic E-state index is 12.0. The molecule has 1 aromatic heterocycles. The first kappa shape index (κ1) is 13.7. The molecule has 0 aliphatic carbocycles. The van der Waals surface area contributed by atoms with E-state index in [4.69, 9.17) is 0 Å². The number of hydrogen-bond acceptors (Lipinski definition) is 4. The van der Waals surface area contributed by atoms with Crippen molar-refractivity contribution in [1.82, 2.24) is 15.1 Å². The first-order chi connectivity index (χ1) is 9.11. The molecule has 1 aromatic rings. The molecule has 1 aliphatic rings. The van der Waals surface area contributed by atoms with Gasteiger partial charge in [-0.3, -0.25) is 14.8 Å². The van der Waals surface area contributed by atoms with Crippen LogP contribution in [0.25, 0.3) is 0 Å². The number of piperidine rings is 1. The molecule has 1 unspecified atom stereocenters. The lowest BCUT2D eigenvalue weighted by atomic mass is 10.0. The third-order valence-corrected chi connectivity index (χ3v) is 3.56. The second-order valence-electron chi connectivity index (χ2n) is 5.03. The van der Waals surface area contributed by atoms with Crippen molar-refractivity contribution in [3.8, 4) is 0 Å². The minimum absolute atomic E-state index is 0.0960. The summed E-state index contributed by atoms with van der Waals surface area (Å²) in [5.74, 6) is -0.0960. The van der Waals surface area contributed by atoms with Gasteiger partial charge in [-0.05, 0) is 33.2 Å². The van der Waals surface area contributed by atoms with Crippen LogP contribution < -0.4 is 5.32 Å². The van der Waals surface area contributed by atoms with Crippen LogP contribution in [-0.2, 0) is 9.59 Å². The summed E-state index contributed by atoms with van der Waals surface area (Å²) in [7, 11) is 0. The van der Waals surface area contributed by atoms with Crippen molar-refractivity contribution in [3.63, 3.8) is 0 Å². The molecule has 2 N–H and O–H groups in total. The Morgan fingerprint density at radius 3 is 2.95 bits per heavy atom. The Labute approximate surface area is 112 Å². The highest BCUT2D eigenvalue weighted by Gasteiger charge is 2.24. The predicted octanol–water partition coefficient (Wildman–Crippen LogP) is 1.02. The lowest BCUT2D eigenvalue weighted by Crippen LogP contribution is -2.44. The summed E-state index contributed by atoms with van der Waals surface area (Å²) in [4.78, 5) is 25.0. The highest BCUT2D eigenvalue weighted by molar-refractivity contribution is 5.93. The van der Waals surface area contributed by atoms with Gasteiger partial charge >= 0.3 is 0 Å². The van der Waals surface area contributed by atoms with Crippen LogP contribution in [0, 0.1) is 13.8 Å². The van der Waals surface area contributed by atoms with Gasteiger partial charge in [0.25, 0.3) is 0 Å². The molecule has 19 heavy (non-hydrogen) atoms. The van der Waals surface area contributed by atoms with Gasteiger partial charge in [-0.15, -0.1) is 0 Å². The molecule has 0 spiro atoms. The highest BCUT2D eigenvalue weighted by Crippen LogP contribution is 2.18. The van der Waals surface area contributed by atoms with Crippen LogP contribution in [0.5, 0.6) is 0 Å². The molecule has 1 aliphatic heterocycles. The summed E-state index contributed by atoms with van der Waals surface area (Å²) in [6, 6.07) is -0.119. The maximum Gasteiger partial charge on any atom is 0.238 e. The fraction of sp³-hybridized carbons (Fsp3) is 0.615. The van der Waals surface area contributed by atoms with E-state index in [1.54, 1.807) is 0 Å². The molecular weight excluding hydrogens is 244 g/mol. The summed E-state index contributed by atoms with van der Waals surface area (Å²) < 4.78 is 0. The van der Waals surface area contributed by atoms with Gasteiger partial charge in [0.2, 0.25) is 5.91 Å². The van der Waals surface area contributed by atoms with E-state index >= 15 is 0 Å². The Kier molecular flexibility index (Phi) is 4.31. The third kappa shape index (κ3) is 3.20. The van der Waals surface area contributed by atoms with Gasteiger partial charge < -0.3 is 10.1 Å². The van der Waals surface area contributed by atoms with Crippen LogP contribution in [0.15, 0.2) is 0 Å². The number of likely N-dealkylation sites (tertiary alicyclic amines) is 1. The van der Waals surface area contributed by atoms with E-state index in [9.17, 15) is 9.59 Å². The van der Waals surface area contributed by atoms with Crippen molar-refractivity contribution in [2.45, 2.75) is 39.2 Å². The van der Waals surface area contributed by atoms with Gasteiger partial charge in [0, 0.05) is 0 Å². The summed E-state index contributed by atoms with van der Waals surface area (Å²) in [6.45, 7) is 4.77. The van der Waals surface area contributed by atoms with Gasteiger partial charge in [-0.1, -0.05) is 6.42 Å². The van der Waals surface area contributed by atoms with Gasteiger partial charge in [0.05, 0.1) is 29.7 Å². The molecule has 1 atom stereocenters. The molecule has 0 bridgehead atoms. The van der Waals surface area contributed by atoms with E-state index in [0.717, 1.165) is 49.2 Å². The molecule has 0 aromatic carbocycles. The first-order valence-corrected chi connectivity index (χ1v) is 6.62. The van der Waals surface area contributed by atoms with Crippen molar-refractivity contribution < 1.29 is 9.59 Å². The van der Waals surface area contributed by atoms with E-state index in [-0.39, 0.29) is 18.5 Å². The minimum Gasteiger partial charge on any atom is -0.322 e. The Bertz CT molecular complexity index is 450. The number of aryl methyl sites for hydroxylation is 2. The molecule has 1 amide bonds. The Hall–Kier alpha value is -1.69. The van der Waals surface area contributed by atoms with Crippen LogP contribution in [0.2, 0.25) is 0 Å². The fourth-order valence-electron chi connectivity index (χ4n) is 2.47. The second kappa shape index (κ2) is 5.97. The topological polar surface area (TPSA) is 78.1 Å². The standard InChI is InChI=1S/C13H20N4O2/c1-9-13(10(2)16-15-9)14-12(19)7-17-6-4-3-5-11(17)8-18/h8,11H,3-7H2,1-2H3,(H,14,19)(H,15,16). The van der Waals surface area contributed by atoms with E-state index in [0.29, 0.717) is 0 Å². The lowest BCUT2D eigenvalue weighted by Gasteiger charge is -2.31. The highest BCUT2D eigenvalue weighted by atomic mass is 16.2. The van der Waals surface area contributed by atoms with Crippen molar-refractivity contribution in [2.75, 3.05) is 18.4 Å². The number of carbonyl (C=O) groups excluding carboxylic acids is 2. The molecule has 2 heterocycles. The summed E-state index contributed by atoms with van der Waals surface area (Å²) in [5.41, 5.74) is 2.36. The number of aldehydes is 1. The van der Waals surface area contributed by atoms with Gasteiger partial charge in [0.15, 0.2) is 0 Å². The second-order valence-corrected chi connectivity index (χ2v) is 5.03. The Balaban J connectivity index is 1.95. The number of H-pyrrole nitrogens is 1. The smallest absolute Gasteiger partial charge is 0.238 e. The molecule has 1 saturated heterocycles. The van der Waals surface area contributed by atoms with Crippen LogP contribution in [0.3, 0.4) is 0 Å². The number of nitrogens with zero attached hydrogens (tertiary/aromatic N) is 2. The van der Waals surface area contributed by atoms with Gasteiger partial charge in [0.1, 0.15) is 6.29 Å². The molecule has 2 rings (SSSR count). The third-order valence-electron chi connectivity index (χ3n) is 3.56. The number of nitrogens with one attached hydrogen (secondary N) is 2. The van der Waals surface area contributed by atoms with Crippen LogP contribution >= 0.6 is 0 Å². The Morgan fingerprint density at radius 1 is 1.53 bits per heavy atom. The molecule has 1 fully saturated rings. The normalized spacial score (nSPS) is 20.2. The zero-order chi connectivity index (χ0) is 13.8. The SMILES string of the molecule is Cc1n[nH]c(C)c1NC(=O)CN1CCCCC1C=O. The number of hydrogen-bond donors (Lipinski definition) is 2. The monoisotopic (exact) mass is 264 g/mol. The molecule has 0 radical (unpaired) electrons. The van der Waals surface area contributed by atoms with Crippen molar-refractivity contribution >= 4 is 17.9 Å². The van der Waals surface area contributed by atoms with Gasteiger partial charge in [-0.25, -0.2) is 0 Å². The number of carbonyl (C=O) groups is 2. The Morgan fingerprint density at radius 2 is 2.32 bits per heavy atom. The lowest BCUT2D eigenvalue weighted by molar-refractivity contribution is -0.120. The predicted molar refractivity (Wildman–Crippen MR) is 72.0 cm³/mol. The van der Waals surface area contributed by atoms with Crippen LogP contribution in [0.4, 0.5) is 5.69 Å². The summed E-state index contributed by atoms with van der Waals surface area (Å²) in [6.07, 6.45) is 3.89. The largest absolute Gasteiger partial charge is 0.322 e. The van der Waals surface area contributed by atoms with Crippen molar-refractivity contribution in [2.24, 2.45) is 0 Å². The summed E-state index contributed by atoms with van der Waals surface area (Å²) in [5, 5.41) is 9.73. The first-order valence-electron chi connectivity index (χ1n) is 6.62. The number of amides is 1. The quantitative estimate of drug-likeness (QED) is 0.796. The van der Waals surface area contributed by atoms with E-state index in [1.807, 2.05) is 18.7 Å². The average Bonchev–Trinajstić information content (AvgIpc) is 2.71. The van der Waals surface area contributed by atoms with Crippen LogP contribution in [-0.4, -0.2) is 46.4 Å². The fourth-order valence-corrected chi connectivity index (χ4v) is 2.47. The summed E-state index contributed by atoms with van der Waals surface area (Å²) >= 11 is 0. The molecule has 0 saturated carbocycles. The molecule has 6 nitrogen and oxygen atoms in total. The van der Waals surface area contributed by atoms with E-state index in [1.165, 1.54) is 0 Å². The molecule has 104 valence electrons. The average molecular weight is 264 g/mol. The van der Waals surface area contributed by atoms with Crippen molar-refractivity contribution in [1.29, 1.82) is 0 Å². The van der Waals surface area contributed by atoms with E-state index in [2.05, 4.69) is 15.5 Å². The number of aromatic amines is 1. The zero-order valence-electron chi connectivity index (χ0n) is 11.4. The molecular formula is C13H20N4O2. The van der Waals surface area contributed by atoms with Crippen LogP contribution in [0.1, 0.15) is 30.7 Å². The number of rotatable bonds is 4. The minimum atomic E-state index is -0.119. The molecule has 6 heteroatoms. The maximum absolute atomic E-state index is 12.0.